The van der Waals surface area contributed by atoms with Crippen molar-refractivity contribution >= 4 is 12.6 Å². The van der Waals surface area contributed by atoms with Gasteiger partial charge in [-0.25, -0.2) is 0 Å². The van der Waals surface area contributed by atoms with Gasteiger partial charge in [-0.1, -0.05) is 0 Å². The largest absolute Gasteiger partial charge is 0.509 e. The molecule has 0 spiro atoms. The number of hydrogen-bond acceptors (Lipinski definition) is 3. The summed E-state index contributed by atoms with van der Waals surface area (Å²) >= 11 is 3.76. The van der Waals surface area contributed by atoms with E-state index in [1.165, 1.54) is 5.41 Å². The summed E-state index contributed by atoms with van der Waals surface area (Å²) in [6, 6.07) is 0. The normalized spacial score (nSPS) is 15.7. The van der Waals surface area contributed by atoms with Crippen LogP contribution in [0.3, 0.4) is 0 Å². The molecular formula is C6H12O2S. The van der Waals surface area contributed by atoms with Gasteiger partial charge in [0.1, 0.15) is 11.9 Å². The van der Waals surface area contributed by atoms with Crippen LogP contribution in [0.25, 0.3) is 0 Å². The summed E-state index contributed by atoms with van der Waals surface area (Å²) in [6.45, 7) is 4.25. The van der Waals surface area contributed by atoms with Crippen LogP contribution in [0.15, 0.2) is 11.2 Å². The Morgan fingerprint density at radius 2 is 2.44 bits per heavy atom. The molecule has 54 valence electrons. The van der Waals surface area contributed by atoms with Gasteiger partial charge in [0, 0.05) is 12.0 Å². The zero-order valence-corrected chi connectivity index (χ0v) is 6.56. The number of rotatable bonds is 3. The third kappa shape index (κ3) is 3.43. The summed E-state index contributed by atoms with van der Waals surface area (Å²) in [7, 11) is 0. The molecule has 0 aromatic heterocycles. The first-order chi connectivity index (χ1) is 4.22. The van der Waals surface area contributed by atoms with Crippen molar-refractivity contribution in [2.75, 3.05) is 6.61 Å². The first-order valence-corrected chi connectivity index (χ1v) is 3.38. The smallest absolute Gasteiger partial charge is 0.127 e. The summed E-state index contributed by atoms with van der Waals surface area (Å²) in [5.41, 5.74) is 0. The zero-order chi connectivity index (χ0) is 7.28. The van der Waals surface area contributed by atoms with Gasteiger partial charge in [-0.15, -0.1) is 12.6 Å². The topological polar surface area (TPSA) is 29.5 Å². The second kappa shape index (κ2) is 4.70. The zero-order valence-electron chi connectivity index (χ0n) is 5.66. The fraction of sp³-hybridized carbons (Fsp3) is 0.667. The van der Waals surface area contributed by atoms with E-state index in [4.69, 9.17) is 9.84 Å². The number of hydrogen-bond donors (Lipinski definition) is 2. The minimum Gasteiger partial charge on any atom is -0.509 e. The Morgan fingerprint density at radius 1 is 1.89 bits per heavy atom. The quantitative estimate of drug-likeness (QED) is 0.471. The van der Waals surface area contributed by atoms with Gasteiger partial charge in [-0.05, 0) is 13.8 Å². The van der Waals surface area contributed by atoms with Crippen molar-refractivity contribution in [1.82, 2.24) is 0 Å². The summed E-state index contributed by atoms with van der Waals surface area (Å²) in [5, 5.41) is 10.3. The molecule has 0 radical (unpaired) electrons. The molecule has 2 nitrogen and oxygen atoms in total. The SMILES string of the molecule is CCOC(C)/C(O)=C/S. The first-order valence-electron chi connectivity index (χ1n) is 2.87. The van der Waals surface area contributed by atoms with Crippen molar-refractivity contribution in [3.8, 4) is 0 Å². The number of ether oxygens (including phenoxy) is 1. The fourth-order valence-corrected chi connectivity index (χ4v) is 0.650. The molecule has 0 saturated carbocycles. The van der Waals surface area contributed by atoms with Crippen LogP contribution in [0.1, 0.15) is 13.8 Å². The molecule has 0 aromatic carbocycles. The molecule has 3 heteroatoms. The van der Waals surface area contributed by atoms with E-state index < -0.39 is 0 Å². The molecule has 0 aliphatic rings. The average Bonchev–Trinajstić information content (AvgIpc) is 1.87. The van der Waals surface area contributed by atoms with E-state index in [9.17, 15) is 0 Å². The molecule has 1 N–H and O–H groups in total. The lowest BCUT2D eigenvalue weighted by Gasteiger charge is -2.08. The highest BCUT2D eigenvalue weighted by Crippen LogP contribution is 2.02. The Labute approximate surface area is 60.9 Å². The first kappa shape index (κ1) is 8.85. The summed E-state index contributed by atoms with van der Waals surface area (Å²) in [4.78, 5) is 0. The van der Waals surface area contributed by atoms with Crippen LogP contribution in [-0.2, 0) is 4.74 Å². The Kier molecular flexibility index (Phi) is 4.62. The maximum Gasteiger partial charge on any atom is 0.127 e. The van der Waals surface area contributed by atoms with Crippen molar-refractivity contribution in [3.63, 3.8) is 0 Å². The summed E-state index contributed by atoms with van der Waals surface area (Å²) < 4.78 is 5.03. The average molecular weight is 148 g/mol. The summed E-state index contributed by atoms with van der Waals surface area (Å²) in [6.07, 6.45) is -0.229. The van der Waals surface area contributed by atoms with Crippen LogP contribution in [0.5, 0.6) is 0 Å². The Morgan fingerprint density at radius 3 is 2.78 bits per heavy atom. The standard InChI is InChI=1S/C6H12O2S/c1-3-8-5(2)6(7)4-9/h4-5,7,9H,3H2,1-2H3/b6-4-. The highest BCUT2D eigenvalue weighted by molar-refractivity contribution is 7.83. The van der Waals surface area contributed by atoms with Crippen LogP contribution in [-0.4, -0.2) is 17.8 Å². The molecule has 0 aromatic rings. The van der Waals surface area contributed by atoms with Crippen molar-refractivity contribution in [2.45, 2.75) is 20.0 Å². The number of aliphatic hydroxyl groups is 1. The van der Waals surface area contributed by atoms with Crippen molar-refractivity contribution < 1.29 is 9.84 Å². The van der Waals surface area contributed by atoms with Crippen molar-refractivity contribution in [3.05, 3.63) is 11.2 Å². The number of thiol groups is 1. The van der Waals surface area contributed by atoms with Gasteiger partial charge in [-0.3, -0.25) is 0 Å². The lowest BCUT2D eigenvalue weighted by Crippen LogP contribution is -2.10. The predicted molar refractivity (Wildman–Crippen MR) is 40.8 cm³/mol. The number of aliphatic hydroxyl groups excluding tert-OH is 1. The lowest BCUT2D eigenvalue weighted by molar-refractivity contribution is 0.0710. The van der Waals surface area contributed by atoms with E-state index >= 15 is 0 Å². The monoisotopic (exact) mass is 148 g/mol. The van der Waals surface area contributed by atoms with Crippen LogP contribution in [0.4, 0.5) is 0 Å². The second-order valence-corrected chi connectivity index (χ2v) is 1.91. The van der Waals surface area contributed by atoms with Gasteiger partial charge in [0.25, 0.3) is 0 Å². The van der Waals surface area contributed by atoms with Gasteiger partial charge in [0.15, 0.2) is 0 Å². The highest BCUT2D eigenvalue weighted by atomic mass is 32.1. The van der Waals surface area contributed by atoms with Gasteiger partial charge in [0.2, 0.25) is 0 Å². The molecule has 0 fully saturated rings. The van der Waals surface area contributed by atoms with E-state index in [1.807, 2.05) is 6.92 Å². The van der Waals surface area contributed by atoms with Crippen molar-refractivity contribution in [1.29, 1.82) is 0 Å². The van der Waals surface area contributed by atoms with E-state index in [-0.39, 0.29) is 11.9 Å². The van der Waals surface area contributed by atoms with E-state index in [0.29, 0.717) is 6.61 Å². The molecule has 1 unspecified atom stereocenters. The third-order valence-electron chi connectivity index (χ3n) is 0.965. The Balaban J connectivity index is 3.59. The molecule has 0 amide bonds. The van der Waals surface area contributed by atoms with Gasteiger partial charge in [-0.2, -0.15) is 0 Å². The third-order valence-corrected chi connectivity index (χ3v) is 1.23. The van der Waals surface area contributed by atoms with Gasteiger partial charge in [0.05, 0.1) is 0 Å². The minimum atomic E-state index is -0.229. The maximum atomic E-state index is 8.92. The molecule has 9 heavy (non-hydrogen) atoms. The maximum absolute atomic E-state index is 8.92. The van der Waals surface area contributed by atoms with Crippen molar-refractivity contribution in [2.24, 2.45) is 0 Å². The van der Waals surface area contributed by atoms with E-state index in [1.54, 1.807) is 6.92 Å². The lowest BCUT2D eigenvalue weighted by atomic mass is 10.3. The Bertz CT molecular complexity index is 101. The molecule has 1 atom stereocenters. The highest BCUT2D eigenvalue weighted by Gasteiger charge is 2.03. The van der Waals surface area contributed by atoms with E-state index in [0.717, 1.165) is 0 Å². The van der Waals surface area contributed by atoms with Crippen LogP contribution >= 0.6 is 12.6 Å². The van der Waals surface area contributed by atoms with E-state index in [2.05, 4.69) is 12.6 Å². The second-order valence-electron chi connectivity index (χ2n) is 1.65. The van der Waals surface area contributed by atoms with Gasteiger partial charge < -0.3 is 9.84 Å². The molecule has 0 heterocycles. The molecule has 0 aliphatic carbocycles. The summed E-state index contributed by atoms with van der Waals surface area (Å²) in [5.74, 6) is 0.167. The predicted octanol–water partition coefficient (Wildman–Crippen LogP) is 1.74. The molecule has 0 aliphatic heterocycles. The molecule has 0 saturated heterocycles. The molecule has 0 rings (SSSR count). The van der Waals surface area contributed by atoms with Crippen LogP contribution in [0.2, 0.25) is 0 Å². The fourth-order valence-electron chi connectivity index (χ4n) is 0.440. The molecule has 0 bridgehead atoms. The van der Waals surface area contributed by atoms with Crippen LogP contribution in [0, 0.1) is 0 Å². The van der Waals surface area contributed by atoms with Gasteiger partial charge >= 0.3 is 0 Å². The minimum absolute atomic E-state index is 0.167. The Hall–Kier alpha value is -0.150. The molecular weight excluding hydrogens is 136 g/mol. The van der Waals surface area contributed by atoms with Crippen LogP contribution < -0.4 is 0 Å².